The zero-order valence-corrected chi connectivity index (χ0v) is 14.1. The van der Waals surface area contributed by atoms with E-state index in [-0.39, 0.29) is 0 Å². The normalized spacial score (nSPS) is 19.1. The van der Waals surface area contributed by atoms with Gasteiger partial charge in [-0.2, -0.15) is 0 Å². The zero-order valence-electron chi connectivity index (χ0n) is 14.1. The second-order valence-electron chi connectivity index (χ2n) is 6.80. The maximum absolute atomic E-state index is 5.84. The maximum Gasteiger partial charge on any atom is 0.137 e. The fraction of sp³-hybridized carbons (Fsp3) is 0.450. The highest BCUT2D eigenvalue weighted by molar-refractivity contribution is 5.55. The fourth-order valence-corrected chi connectivity index (χ4v) is 3.32. The van der Waals surface area contributed by atoms with E-state index >= 15 is 0 Å². The third-order valence-electron chi connectivity index (χ3n) is 4.96. The summed E-state index contributed by atoms with van der Waals surface area (Å²) in [4.78, 5) is 4.33. The van der Waals surface area contributed by atoms with Crippen LogP contribution in [0.15, 0.2) is 36.7 Å². The predicted octanol–water partition coefficient (Wildman–Crippen LogP) is 2.97. The zero-order chi connectivity index (χ0) is 16.2. The van der Waals surface area contributed by atoms with Crippen LogP contribution in [0.3, 0.4) is 0 Å². The molecule has 2 N–H and O–H groups in total. The average Bonchev–Trinajstić information content (AvgIpc) is 2.59. The maximum atomic E-state index is 5.84. The first-order valence-corrected chi connectivity index (χ1v) is 9.02. The number of rotatable bonds is 6. The predicted molar refractivity (Wildman–Crippen MR) is 96.8 cm³/mol. The van der Waals surface area contributed by atoms with Crippen LogP contribution in [0.4, 0.5) is 5.69 Å². The van der Waals surface area contributed by atoms with Crippen LogP contribution in [-0.4, -0.2) is 30.7 Å². The Morgan fingerprint density at radius 2 is 2.00 bits per heavy atom. The number of aromatic nitrogens is 1. The molecule has 4 nitrogen and oxygen atoms in total. The molecule has 1 aromatic carbocycles. The topological polar surface area (TPSA) is 46.2 Å². The highest BCUT2D eigenvalue weighted by Gasteiger charge is 2.16. The lowest BCUT2D eigenvalue weighted by atomic mass is 9.98. The van der Waals surface area contributed by atoms with Crippen molar-refractivity contribution in [1.82, 2.24) is 10.3 Å². The van der Waals surface area contributed by atoms with E-state index in [0.29, 0.717) is 6.04 Å². The molecule has 2 aromatic rings. The minimum absolute atomic E-state index is 0.511. The SMILES string of the molecule is c1cc2c(cc1CCc1cncc(OC[C@@H]3CCN3)c1)NCCC2. The summed E-state index contributed by atoms with van der Waals surface area (Å²) in [7, 11) is 0. The third-order valence-corrected chi connectivity index (χ3v) is 4.96. The molecular formula is C20H25N3O. The van der Waals surface area contributed by atoms with Crippen LogP contribution < -0.4 is 15.4 Å². The Labute approximate surface area is 143 Å². The molecule has 2 aliphatic rings. The number of nitrogens with zero attached hydrogens (tertiary/aromatic N) is 1. The van der Waals surface area contributed by atoms with Gasteiger partial charge in [0.05, 0.1) is 6.20 Å². The van der Waals surface area contributed by atoms with Gasteiger partial charge in [0.2, 0.25) is 0 Å². The summed E-state index contributed by atoms with van der Waals surface area (Å²) in [6.45, 7) is 2.94. The smallest absolute Gasteiger partial charge is 0.137 e. The number of benzene rings is 1. The van der Waals surface area contributed by atoms with E-state index in [9.17, 15) is 0 Å². The van der Waals surface area contributed by atoms with Crippen molar-refractivity contribution < 1.29 is 4.74 Å². The van der Waals surface area contributed by atoms with Crippen molar-refractivity contribution in [2.45, 2.75) is 38.1 Å². The van der Waals surface area contributed by atoms with Gasteiger partial charge in [-0.1, -0.05) is 12.1 Å². The van der Waals surface area contributed by atoms with Crippen molar-refractivity contribution in [3.63, 3.8) is 0 Å². The van der Waals surface area contributed by atoms with E-state index in [1.165, 1.54) is 41.6 Å². The Morgan fingerprint density at radius 3 is 2.88 bits per heavy atom. The summed E-state index contributed by atoms with van der Waals surface area (Å²) in [5.74, 6) is 0.883. The quantitative estimate of drug-likeness (QED) is 0.858. The lowest BCUT2D eigenvalue weighted by molar-refractivity contribution is 0.217. The Hall–Kier alpha value is -2.07. The van der Waals surface area contributed by atoms with Crippen molar-refractivity contribution in [3.05, 3.63) is 53.3 Å². The summed E-state index contributed by atoms with van der Waals surface area (Å²) in [6.07, 6.45) is 9.42. The van der Waals surface area contributed by atoms with Gasteiger partial charge in [0, 0.05) is 24.5 Å². The minimum Gasteiger partial charge on any atom is -0.490 e. The lowest BCUT2D eigenvalue weighted by Gasteiger charge is -2.27. The molecule has 1 atom stereocenters. The molecule has 3 heterocycles. The number of ether oxygens (including phenoxy) is 1. The van der Waals surface area contributed by atoms with E-state index in [0.717, 1.165) is 38.3 Å². The van der Waals surface area contributed by atoms with Crippen LogP contribution in [0.1, 0.15) is 29.5 Å². The number of pyridine rings is 1. The van der Waals surface area contributed by atoms with Crippen molar-refractivity contribution in [3.8, 4) is 5.75 Å². The number of hydrogen-bond donors (Lipinski definition) is 2. The largest absolute Gasteiger partial charge is 0.490 e. The molecule has 1 fully saturated rings. The van der Waals surface area contributed by atoms with Crippen LogP contribution in [0, 0.1) is 0 Å². The van der Waals surface area contributed by atoms with Gasteiger partial charge in [-0.3, -0.25) is 4.98 Å². The van der Waals surface area contributed by atoms with E-state index in [2.05, 4.69) is 39.9 Å². The molecule has 4 rings (SSSR count). The summed E-state index contributed by atoms with van der Waals surface area (Å²) < 4.78 is 5.84. The van der Waals surface area contributed by atoms with E-state index in [4.69, 9.17) is 4.74 Å². The molecular weight excluding hydrogens is 298 g/mol. The highest BCUT2D eigenvalue weighted by atomic mass is 16.5. The summed E-state index contributed by atoms with van der Waals surface area (Å²) in [5, 5.41) is 6.86. The van der Waals surface area contributed by atoms with Crippen LogP contribution in [0.2, 0.25) is 0 Å². The first kappa shape index (κ1) is 15.5. The number of anilines is 1. The van der Waals surface area contributed by atoms with Gasteiger partial charge in [-0.15, -0.1) is 0 Å². The molecule has 0 unspecified atom stereocenters. The third kappa shape index (κ3) is 3.70. The van der Waals surface area contributed by atoms with Crippen molar-refractivity contribution in [2.24, 2.45) is 0 Å². The van der Waals surface area contributed by atoms with Gasteiger partial charge in [0.1, 0.15) is 12.4 Å². The molecule has 0 radical (unpaired) electrons. The molecule has 0 spiro atoms. The number of aryl methyl sites for hydroxylation is 3. The average molecular weight is 323 g/mol. The number of nitrogens with one attached hydrogen (secondary N) is 2. The number of hydrogen-bond acceptors (Lipinski definition) is 4. The highest BCUT2D eigenvalue weighted by Crippen LogP contribution is 2.24. The Bertz CT molecular complexity index is 697. The molecule has 24 heavy (non-hydrogen) atoms. The Balaban J connectivity index is 1.35. The molecule has 4 heteroatoms. The lowest BCUT2D eigenvalue weighted by Crippen LogP contribution is -2.46. The van der Waals surface area contributed by atoms with Crippen molar-refractivity contribution >= 4 is 5.69 Å². The van der Waals surface area contributed by atoms with Crippen molar-refractivity contribution in [1.29, 1.82) is 0 Å². The Kier molecular flexibility index (Phi) is 4.65. The van der Waals surface area contributed by atoms with Crippen molar-refractivity contribution in [2.75, 3.05) is 25.0 Å². The van der Waals surface area contributed by atoms with Crippen LogP contribution in [0.5, 0.6) is 5.75 Å². The second kappa shape index (κ2) is 7.22. The first-order valence-electron chi connectivity index (χ1n) is 9.02. The van der Waals surface area contributed by atoms with Crippen LogP contribution >= 0.6 is 0 Å². The summed E-state index contributed by atoms with van der Waals surface area (Å²) >= 11 is 0. The molecule has 0 amide bonds. The minimum atomic E-state index is 0.511. The molecule has 1 aromatic heterocycles. The van der Waals surface area contributed by atoms with Gasteiger partial charge < -0.3 is 15.4 Å². The summed E-state index contributed by atoms with van der Waals surface area (Å²) in [6, 6.07) is 9.49. The van der Waals surface area contributed by atoms with Gasteiger partial charge in [-0.05, 0) is 67.5 Å². The van der Waals surface area contributed by atoms with Crippen LogP contribution in [-0.2, 0) is 19.3 Å². The summed E-state index contributed by atoms with van der Waals surface area (Å²) in [5.41, 5.74) is 5.39. The van der Waals surface area contributed by atoms with E-state index in [1.54, 1.807) is 0 Å². The van der Waals surface area contributed by atoms with Gasteiger partial charge in [0.25, 0.3) is 0 Å². The molecule has 0 aliphatic carbocycles. The van der Waals surface area contributed by atoms with Gasteiger partial charge >= 0.3 is 0 Å². The molecule has 0 bridgehead atoms. The molecule has 0 saturated carbocycles. The number of fused-ring (bicyclic) bond motifs is 1. The standard InChI is InChI=1S/C20H25N3O/c1-2-17-6-5-15(11-20(17)23-8-1)3-4-16-10-19(13-21-12-16)24-14-18-7-9-22-18/h5-6,10-13,18,22-23H,1-4,7-9,14H2/t18-/m0/s1. The van der Waals surface area contributed by atoms with Gasteiger partial charge in [0.15, 0.2) is 0 Å². The monoisotopic (exact) mass is 323 g/mol. The first-order chi connectivity index (χ1) is 11.9. The van der Waals surface area contributed by atoms with E-state index in [1.807, 2.05) is 12.4 Å². The molecule has 2 aliphatic heterocycles. The van der Waals surface area contributed by atoms with Crippen LogP contribution in [0.25, 0.3) is 0 Å². The fourth-order valence-electron chi connectivity index (χ4n) is 3.32. The second-order valence-corrected chi connectivity index (χ2v) is 6.80. The van der Waals surface area contributed by atoms with Gasteiger partial charge in [-0.25, -0.2) is 0 Å². The Morgan fingerprint density at radius 1 is 1.08 bits per heavy atom. The van der Waals surface area contributed by atoms with E-state index < -0.39 is 0 Å². The molecule has 126 valence electrons. The molecule has 1 saturated heterocycles.